The quantitative estimate of drug-likeness (QED) is 0.477. The molecule has 1 heterocycles. The topological polar surface area (TPSA) is 83.6 Å². The summed E-state index contributed by atoms with van der Waals surface area (Å²) < 4.78 is 31.7. The van der Waals surface area contributed by atoms with E-state index >= 15 is 0 Å². The molecule has 5 nitrogen and oxygen atoms in total. The summed E-state index contributed by atoms with van der Waals surface area (Å²) in [5.41, 5.74) is 10.8. The van der Waals surface area contributed by atoms with Gasteiger partial charge in [0.15, 0.2) is 0 Å². The van der Waals surface area contributed by atoms with E-state index in [0.717, 1.165) is 37.1 Å². The summed E-state index contributed by atoms with van der Waals surface area (Å²) in [6.07, 6.45) is -3.12. The fraction of sp³-hybridized carbons (Fsp3) is 0.241. The first-order valence-corrected chi connectivity index (χ1v) is 11.7. The Morgan fingerprint density at radius 1 is 0.892 bits per heavy atom. The molecule has 0 atom stereocenters. The molecule has 3 aromatic carbocycles. The van der Waals surface area contributed by atoms with E-state index in [2.05, 4.69) is 36.1 Å². The fourth-order valence-corrected chi connectivity index (χ4v) is 3.97. The summed E-state index contributed by atoms with van der Waals surface area (Å²) in [6.45, 7) is 2.11. The first-order chi connectivity index (χ1) is 17.7. The molecule has 37 heavy (non-hydrogen) atoms. The van der Waals surface area contributed by atoms with Gasteiger partial charge in [0, 0.05) is 36.3 Å². The standard InChI is InChI=1S/C27H26N2O.C2HF3O2/c28-20-23-9-5-10-25(19-23)24-14-16-29(17-15-24)27(30)26-11-4-8-22(18-26)13-12-21-6-2-1-3-7-21;3-2(4,5)1(6)7/h1-11,18-19,24H,14-17,20,28H2;(H,6,7). The number of aliphatic carboxylic acids is 1. The van der Waals surface area contributed by atoms with E-state index in [1.54, 1.807) is 0 Å². The van der Waals surface area contributed by atoms with Crippen LogP contribution in [0.1, 0.15) is 51.4 Å². The van der Waals surface area contributed by atoms with Gasteiger partial charge in [0.1, 0.15) is 0 Å². The van der Waals surface area contributed by atoms with Gasteiger partial charge in [-0.1, -0.05) is 60.4 Å². The molecule has 0 aliphatic carbocycles. The number of benzene rings is 3. The van der Waals surface area contributed by atoms with E-state index in [1.807, 2.05) is 59.5 Å². The lowest BCUT2D eigenvalue weighted by Crippen LogP contribution is -2.37. The third-order valence-corrected chi connectivity index (χ3v) is 5.92. The number of rotatable bonds is 3. The molecule has 3 N–H and O–H groups in total. The fourth-order valence-electron chi connectivity index (χ4n) is 3.97. The van der Waals surface area contributed by atoms with E-state index in [1.165, 1.54) is 11.1 Å². The van der Waals surface area contributed by atoms with Crippen LogP contribution in [0.2, 0.25) is 0 Å². The minimum atomic E-state index is -5.08. The third-order valence-electron chi connectivity index (χ3n) is 5.92. The molecule has 1 fully saturated rings. The second-order valence-electron chi connectivity index (χ2n) is 8.52. The molecule has 0 unspecified atom stereocenters. The zero-order valence-corrected chi connectivity index (χ0v) is 20.0. The van der Waals surface area contributed by atoms with Crippen LogP contribution in [0.25, 0.3) is 0 Å². The molecule has 1 saturated heterocycles. The summed E-state index contributed by atoms with van der Waals surface area (Å²) in [6, 6.07) is 26.0. The van der Waals surface area contributed by atoms with Gasteiger partial charge in [-0.2, -0.15) is 13.2 Å². The average Bonchev–Trinajstić information content (AvgIpc) is 2.92. The highest BCUT2D eigenvalue weighted by atomic mass is 19.4. The lowest BCUT2D eigenvalue weighted by atomic mass is 9.88. The van der Waals surface area contributed by atoms with Gasteiger partial charge in [0.05, 0.1) is 0 Å². The molecule has 192 valence electrons. The summed E-state index contributed by atoms with van der Waals surface area (Å²) in [5.74, 6) is 4.15. The predicted octanol–water partition coefficient (Wildman–Crippen LogP) is 5.20. The van der Waals surface area contributed by atoms with Crippen LogP contribution in [0.3, 0.4) is 0 Å². The molecular weight excluding hydrogens is 481 g/mol. The van der Waals surface area contributed by atoms with Crippen molar-refractivity contribution in [3.8, 4) is 11.8 Å². The number of nitrogens with two attached hydrogens (primary N) is 1. The van der Waals surface area contributed by atoms with Crippen molar-refractivity contribution in [3.63, 3.8) is 0 Å². The smallest absolute Gasteiger partial charge is 0.475 e. The molecule has 0 spiro atoms. The first-order valence-electron chi connectivity index (χ1n) is 11.7. The van der Waals surface area contributed by atoms with Crippen molar-refractivity contribution in [2.24, 2.45) is 5.73 Å². The van der Waals surface area contributed by atoms with Crippen LogP contribution in [0.5, 0.6) is 0 Å². The molecule has 0 radical (unpaired) electrons. The Kier molecular flexibility index (Phi) is 9.47. The van der Waals surface area contributed by atoms with E-state index < -0.39 is 12.1 Å². The van der Waals surface area contributed by atoms with Crippen molar-refractivity contribution in [1.82, 2.24) is 4.90 Å². The number of alkyl halides is 3. The highest BCUT2D eigenvalue weighted by Gasteiger charge is 2.38. The lowest BCUT2D eigenvalue weighted by molar-refractivity contribution is -0.192. The SMILES string of the molecule is NCc1cccc(C2CCN(C(=O)c3cccc(C#Cc4ccccc4)c3)CC2)c1.O=C(O)C(F)(F)F. The zero-order valence-electron chi connectivity index (χ0n) is 20.0. The minimum absolute atomic E-state index is 0.0903. The Labute approximate surface area is 213 Å². The van der Waals surface area contributed by atoms with Crippen LogP contribution in [0.4, 0.5) is 13.2 Å². The summed E-state index contributed by atoms with van der Waals surface area (Å²) in [5, 5.41) is 7.12. The largest absolute Gasteiger partial charge is 0.490 e. The Morgan fingerprint density at radius 2 is 1.49 bits per heavy atom. The molecule has 1 amide bonds. The van der Waals surface area contributed by atoms with E-state index in [-0.39, 0.29) is 5.91 Å². The Hall–Kier alpha value is -4.09. The van der Waals surface area contributed by atoms with Crippen LogP contribution in [-0.4, -0.2) is 41.1 Å². The number of carbonyl (C=O) groups excluding carboxylic acids is 1. The van der Waals surface area contributed by atoms with Crippen molar-refractivity contribution in [2.45, 2.75) is 31.5 Å². The Balaban J connectivity index is 0.000000479. The van der Waals surface area contributed by atoms with Gasteiger partial charge in [-0.05, 0) is 60.2 Å². The van der Waals surface area contributed by atoms with Crippen molar-refractivity contribution < 1.29 is 27.9 Å². The highest BCUT2D eigenvalue weighted by molar-refractivity contribution is 5.94. The molecule has 1 aliphatic rings. The predicted molar refractivity (Wildman–Crippen MR) is 135 cm³/mol. The maximum absolute atomic E-state index is 13.0. The summed E-state index contributed by atoms with van der Waals surface area (Å²) in [7, 11) is 0. The Morgan fingerprint density at radius 3 is 2.11 bits per heavy atom. The van der Waals surface area contributed by atoms with E-state index in [0.29, 0.717) is 18.0 Å². The van der Waals surface area contributed by atoms with Gasteiger partial charge in [-0.3, -0.25) is 4.79 Å². The highest BCUT2D eigenvalue weighted by Crippen LogP contribution is 2.29. The van der Waals surface area contributed by atoms with Gasteiger partial charge in [-0.25, -0.2) is 4.79 Å². The second kappa shape index (κ2) is 12.7. The van der Waals surface area contributed by atoms with Gasteiger partial charge < -0.3 is 15.7 Å². The van der Waals surface area contributed by atoms with Crippen LogP contribution >= 0.6 is 0 Å². The second-order valence-corrected chi connectivity index (χ2v) is 8.52. The van der Waals surface area contributed by atoms with Gasteiger partial charge in [0.25, 0.3) is 5.91 Å². The van der Waals surface area contributed by atoms with Gasteiger partial charge in [-0.15, -0.1) is 0 Å². The first kappa shape index (κ1) is 27.5. The number of carboxylic acid groups (broad SMARTS) is 1. The maximum atomic E-state index is 13.0. The van der Waals surface area contributed by atoms with Crippen LogP contribution < -0.4 is 5.73 Å². The van der Waals surface area contributed by atoms with E-state index in [9.17, 15) is 18.0 Å². The number of nitrogens with zero attached hydrogens (tertiary/aromatic N) is 1. The molecule has 4 rings (SSSR count). The van der Waals surface area contributed by atoms with Crippen molar-refractivity contribution in [3.05, 3.63) is 107 Å². The van der Waals surface area contributed by atoms with Crippen LogP contribution in [-0.2, 0) is 11.3 Å². The summed E-state index contributed by atoms with van der Waals surface area (Å²) >= 11 is 0. The zero-order chi connectivity index (χ0) is 26.8. The van der Waals surface area contributed by atoms with Crippen LogP contribution in [0.15, 0.2) is 78.9 Å². The van der Waals surface area contributed by atoms with Gasteiger partial charge >= 0.3 is 12.1 Å². The van der Waals surface area contributed by atoms with Crippen molar-refractivity contribution in [1.29, 1.82) is 0 Å². The van der Waals surface area contributed by atoms with Crippen molar-refractivity contribution in [2.75, 3.05) is 13.1 Å². The normalized spacial score (nSPS) is 13.6. The number of piperidine rings is 1. The number of amides is 1. The molecule has 8 heteroatoms. The maximum Gasteiger partial charge on any atom is 0.490 e. The molecule has 0 saturated carbocycles. The Bertz CT molecular complexity index is 1270. The number of carboxylic acids is 1. The molecule has 1 aliphatic heterocycles. The number of hydrogen-bond acceptors (Lipinski definition) is 3. The summed E-state index contributed by atoms with van der Waals surface area (Å²) in [4.78, 5) is 23.9. The lowest BCUT2D eigenvalue weighted by Gasteiger charge is -2.32. The van der Waals surface area contributed by atoms with E-state index in [4.69, 9.17) is 15.6 Å². The molecule has 3 aromatic rings. The molecule has 0 aromatic heterocycles. The monoisotopic (exact) mass is 508 g/mol. The molecular formula is C29H27F3N2O3. The number of likely N-dealkylation sites (tertiary alicyclic amines) is 1. The molecule has 0 bridgehead atoms. The van der Waals surface area contributed by atoms with Crippen LogP contribution in [0, 0.1) is 11.8 Å². The average molecular weight is 509 g/mol. The third kappa shape index (κ3) is 8.23. The van der Waals surface area contributed by atoms with Crippen molar-refractivity contribution >= 4 is 11.9 Å². The minimum Gasteiger partial charge on any atom is -0.475 e. The van der Waals surface area contributed by atoms with Gasteiger partial charge in [0.2, 0.25) is 0 Å². The number of hydrogen-bond donors (Lipinski definition) is 2. The number of halogens is 3. The number of carbonyl (C=O) groups is 2.